The van der Waals surface area contributed by atoms with Crippen LogP contribution in [-0.4, -0.2) is 5.78 Å². The zero-order valence-corrected chi connectivity index (χ0v) is 20.7. The monoisotopic (exact) mass is 495 g/mol. The number of hydrogen-bond acceptors (Lipinski definition) is 5. The summed E-state index contributed by atoms with van der Waals surface area (Å²) < 4.78 is 0.978. The Morgan fingerprint density at radius 3 is 2.65 bits per heavy atom. The molecule has 160 valence electrons. The van der Waals surface area contributed by atoms with Crippen molar-refractivity contribution in [2.45, 2.75) is 52.9 Å². The minimum Gasteiger partial charge on any atom is -0.384 e. The van der Waals surface area contributed by atoms with E-state index in [4.69, 9.17) is 5.73 Å². The molecule has 2 aliphatic rings. The number of anilines is 1. The molecule has 1 unspecified atom stereocenters. The number of thiophene rings is 1. The summed E-state index contributed by atoms with van der Waals surface area (Å²) >= 11 is 5.20. The second kappa shape index (κ2) is 7.96. The smallest absolute Gasteiger partial charge is 0.162 e. The largest absolute Gasteiger partial charge is 0.384 e. The van der Waals surface area contributed by atoms with E-state index in [1.807, 2.05) is 30.0 Å². The first-order valence-electron chi connectivity index (χ1n) is 10.5. The summed E-state index contributed by atoms with van der Waals surface area (Å²) in [6.07, 6.45) is 2.13. The van der Waals surface area contributed by atoms with E-state index in [0.717, 1.165) is 44.7 Å². The number of carbonyl (C=O) groups excluding carboxylic acids is 1. The fourth-order valence-electron chi connectivity index (χ4n) is 4.68. The summed E-state index contributed by atoms with van der Waals surface area (Å²) in [7, 11) is 0. The molecule has 0 radical (unpaired) electrons. The maximum Gasteiger partial charge on any atom is 0.162 e. The van der Waals surface area contributed by atoms with Gasteiger partial charge >= 0.3 is 0 Å². The predicted molar refractivity (Wildman–Crippen MR) is 130 cm³/mol. The van der Waals surface area contributed by atoms with Crippen LogP contribution in [0.15, 0.2) is 57.5 Å². The van der Waals surface area contributed by atoms with Gasteiger partial charge in [-0.3, -0.25) is 9.69 Å². The number of hydrogen-bond donors (Lipinski definition) is 1. The Morgan fingerprint density at radius 1 is 1.29 bits per heavy atom. The number of rotatable bonds is 3. The third kappa shape index (κ3) is 3.75. The van der Waals surface area contributed by atoms with Crippen molar-refractivity contribution in [2.75, 3.05) is 4.90 Å². The molecular weight excluding hydrogens is 470 g/mol. The first kappa shape index (κ1) is 21.9. The molecule has 4 nitrogen and oxygen atoms in total. The molecule has 2 N–H and O–H groups in total. The molecule has 1 aromatic carbocycles. The number of Topliss-reactive ketones (excluding diaryl/α,β-unsaturated/α-hetero) is 1. The first-order valence-corrected chi connectivity index (χ1v) is 12.1. The molecule has 1 atom stereocenters. The average molecular weight is 496 g/mol. The van der Waals surface area contributed by atoms with Gasteiger partial charge in [-0.1, -0.05) is 36.7 Å². The third-order valence-corrected chi connectivity index (χ3v) is 7.88. The number of ketones is 1. The van der Waals surface area contributed by atoms with Crippen LogP contribution in [0.4, 0.5) is 5.69 Å². The second-order valence-electron chi connectivity index (χ2n) is 9.07. The van der Waals surface area contributed by atoms with Crippen molar-refractivity contribution in [1.82, 2.24) is 0 Å². The highest BCUT2D eigenvalue weighted by molar-refractivity contribution is 9.10. The normalized spacial score (nSPS) is 20.7. The Kier molecular flexibility index (Phi) is 5.61. The minimum atomic E-state index is -0.388. The van der Waals surface area contributed by atoms with Gasteiger partial charge in [-0.2, -0.15) is 5.26 Å². The lowest BCUT2D eigenvalue weighted by atomic mass is 9.69. The Bertz CT molecular complexity index is 1180. The summed E-state index contributed by atoms with van der Waals surface area (Å²) in [5, 5.41) is 10.2. The van der Waals surface area contributed by atoms with Gasteiger partial charge in [-0.05, 0) is 61.1 Å². The number of nitrogens with zero attached hydrogens (tertiary/aromatic N) is 2. The second-order valence-corrected chi connectivity index (χ2v) is 11.2. The molecule has 1 aliphatic heterocycles. The molecule has 6 heteroatoms. The van der Waals surface area contributed by atoms with Crippen LogP contribution < -0.4 is 10.6 Å². The highest BCUT2D eigenvalue weighted by Crippen LogP contribution is 2.51. The summed E-state index contributed by atoms with van der Waals surface area (Å²) in [6, 6.07) is 12.5. The van der Waals surface area contributed by atoms with Crippen molar-refractivity contribution in [3.8, 4) is 6.07 Å². The standard InChI is InChI=1S/C25H26BrN3OS/c1-5-16-7-9-21(31-16)22-17(13-27)24(28)29(18-8-6-15(26)10-14(18)2)19-11-25(3,4)12-20(30)23(19)22/h6-10,22H,5,11-12,28H2,1-4H3. The molecule has 0 amide bonds. The summed E-state index contributed by atoms with van der Waals surface area (Å²) in [5.41, 5.74) is 10.6. The number of benzene rings is 1. The Labute approximate surface area is 196 Å². The number of allylic oxidation sites excluding steroid dienone is 3. The topological polar surface area (TPSA) is 70.1 Å². The maximum absolute atomic E-state index is 13.5. The van der Waals surface area contributed by atoms with Crippen molar-refractivity contribution in [1.29, 1.82) is 5.26 Å². The lowest BCUT2D eigenvalue weighted by Crippen LogP contribution is -2.42. The van der Waals surface area contributed by atoms with Gasteiger partial charge in [0, 0.05) is 31.9 Å². The van der Waals surface area contributed by atoms with E-state index < -0.39 is 0 Å². The van der Waals surface area contributed by atoms with Crippen molar-refractivity contribution >= 4 is 38.7 Å². The Balaban J connectivity index is 2.00. The molecule has 31 heavy (non-hydrogen) atoms. The van der Waals surface area contributed by atoms with Crippen molar-refractivity contribution in [2.24, 2.45) is 11.1 Å². The molecule has 0 fully saturated rings. The van der Waals surface area contributed by atoms with Crippen molar-refractivity contribution in [3.63, 3.8) is 0 Å². The zero-order chi connectivity index (χ0) is 22.5. The molecule has 2 aromatic rings. The van der Waals surface area contributed by atoms with Crippen LogP contribution in [0, 0.1) is 23.7 Å². The van der Waals surface area contributed by atoms with Crippen LogP contribution in [0.5, 0.6) is 0 Å². The molecule has 4 rings (SSSR count). The highest BCUT2D eigenvalue weighted by Gasteiger charge is 2.45. The van der Waals surface area contributed by atoms with E-state index in [-0.39, 0.29) is 17.1 Å². The SMILES string of the molecule is CCc1ccc(C2C(C#N)=C(N)N(c3ccc(Br)cc3C)C3=C2C(=O)CC(C)(C)C3)s1. The van der Waals surface area contributed by atoms with Gasteiger partial charge in [-0.15, -0.1) is 11.3 Å². The quantitative estimate of drug-likeness (QED) is 0.540. The molecule has 0 saturated heterocycles. The fraction of sp³-hybridized carbons (Fsp3) is 0.360. The number of halogens is 1. The molecule has 1 aliphatic carbocycles. The van der Waals surface area contributed by atoms with E-state index in [9.17, 15) is 10.1 Å². The number of aryl methyl sites for hydroxylation is 2. The molecule has 0 spiro atoms. The first-order chi connectivity index (χ1) is 14.7. The van der Waals surface area contributed by atoms with E-state index in [0.29, 0.717) is 17.8 Å². The fourth-order valence-corrected chi connectivity index (χ4v) is 6.23. The molecular formula is C25H26BrN3OS. The van der Waals surface area contributed by atoms with E-state index in [1.54, 1.807) is 11.3 Å². The number of nitrogens with two attached hydrogens (primary N) is 1. The molecule has 0 saturated carbocycles. The average Bonchev–Trinajstić information content (AvgIpc) is 3.16. The van der Waals surface area contributed by atoms with Crippen molar-refractivity contribution < 1.29 is 4.79 Å². The van der Waals surface area contributed by atoms with Crippen LogP contribution in [0.25, 0.3) is 0 Å². The van der Waals surface area contributed by atoms with Gasteiger partial charge in [0.05, 0.1) is 23.2 Å². The minimum absolute atomic E-state index is 0.114. The van der Waals surface area contributed by atoms with Crippen LogP contribution >= 0.6 is 27.3 Å². The molecule has 0 bridgehead atoms. The zero-order valence-electron chi connectivity index (χ0n) is 18.3. The van der Waals surface area contributed by atoms with Gasteiger partial charge in [0.15, 0.2) is 5.78 Å². The summed E-state index contributed by atoms with van der Waals surface area (Å²) in [5.74, 6) is 0.150. The van der Waals surface area contributed by atoms with Crippen LogP contribution in [0.3, 0.4) is 0 Å². The van der Waals surface area contributed by atoms with Crippen LogP contribution in [0.2, 0.25) is 0 Å². The number of carbonyl (C=O) groups is 1. The van der Waals surface area contributed by atoms with Crippen molar-refractivity contribution in [3.05, 3.63) is 72.8 Å². The Hall–Kier alpha value is -2.36. The van der Waals surface area contributed by atoms with Gasteiger partial charge in [0.25, 0.3) is 0 Å². The van der Waals surface area contributed by atoms with E-state index in [1.165, 1.54) is 4.88 Å². The summed E-state index contributed by atoms with van der Waals surface area (Å²) in [4.78, 5) is 17.7. The summed E-state index contributed by atoms with van der Waals surface area (Å²) in [6.45, 7) is 8.38. The van der Waals surface area contributed by atoms with E-state index >= 15 is 0 Å². The number of nitriles is 1. The predicted octanol–water partition coefficient (Wildman–Crippen LogP) is 6.32. The highest BCUT2D eigenvalue weighted by atomic mass is 79.9. The lowest BCUT2D eigenvalue weighted by molar-refractivity contribution is -0.118. The maximum atomic E-state index is 13.5. The van der Waals surface area contributed by atoms with Gasteiger partial charge < -0.3 is 5.73 Å². The third-order valence-electron chi connectivity index (χ3n) is 6.10. The van der Waals surface area contributed by atoms with Crippen LogP contribution in [0.1, 0.15) is 54.8 Å². The van der Waals surface area contributed by atoms with Crippen LogP contribution in [-0.2, 0) is 11.2 Å². The van der Waals surface area contributed by atoms with Gasteiger partial charge in [-0.25, -0.2) is 0 Å². The lowest BCUT2D eigenvalue weighted by Gasteiger charge is -2.44. The van der Waals surface area contributed by atoms with Gasteiger partial charge in [0.1, 0.15) is 5.82 Å². The Morgan fingerprint density at radius 2 is 2.03 bits per heavy atom. The molecule has 1 aromatic heterocycles. The molecule has 2 heterocycles. The van der Waals surface area contributed by atoms with Gasteiger partial charge in [0.2, 0.25) is 0 Å². The van der Waals surface area contributed by atoms with E-state index in [2.05, 4.69) is 54.9 Å².